The number of halogens is 3. The first-order chi connectivity index (χ1) is 9.47. The quantitative estimate of drug-likeness (QED) is 0.594. The summed E-state index contributed by atoms with van der Waals surface area (Å²) in [5.74, 6) is -0.754. The van der Waals surface area contributed by atoms with Gasteiger partial charge in [-0.2, -0.15) is 8.78 Å². The Morgan fingerprint density at radius 1 is 1.05 bits per heavy atom. The van der Waals surface area contributed by atoms with Crippen molar-refractivity contribution in [1.29, 1.82) is 0 Å². The molecular weight excluding hydrogens is 330 g/mol. The summed E-state index contributed by atoms with van der Waals surface area (Å²) < 4.78 is 31.1. The van der Waals surface area contributed by atoms with Crippen LogP contribution in [0.25, 0.3) is 0 Å². The number of alkyl halides is 3. The highest BCUT2D eigenvalue weighted by Crippen LogP contribution is 2.27. The number of hydrogen-bond donors (Lipinski definition) is 0. The van der Waals surface area contributed by atoms with Crippen molar-refractivity contribution >= 4 is 21.7 Å². The van der Waals surface area contributed by atoms with Gasteiger partial charge in [0.2, 0.25) is 5.78 Å². The normalized spacial score (nSPS) is 11.2. The lowest BCUT2D eigenvalue weighted by molar-refractivity contribution is 0.0592. The molecule has 0 saturated heterocycles. The summed E-state index contributed by atoms with van der Waals surface area (Å²) in [6, 6.07) is 15.2. The molecule has 0 aliphatic heterocycles. The van der Waals surface area contributed by atoms with E-state index in [4.69, 9.17) is 4.74 Å². The van der Waals surface area contributed by atoms with E-state index >= 15 is 0 Å². The number of hydrogen-bond acceptors (Lipinski definition) is 2. The molecule has 0 aromatic heterocycles. The van der Waals surface area contributed by atoms with Gasteiger partial charge >= 0.3 is 4.83 Å². The molecule has 0 heterocycles. The highest BCUT2D eigenvalue weighted by Gasteiger charge is 2.35. The predicted molar refractivity (Wildman–Crippen MR) is 75.4 cm³/mol. The number of rotatable bonds is 5. The lowest BCUT2D eigenvalue weighted by atomic mass is 10.1. The predicted octanol–water partition coefficient (Wildman–Crippen LogP) is 4.44. The topological polar surface area (TPSA) is 26.3 Å². The maximum Gasteiger partial charge on any atom is 0.363 e. The lowest BCUT2D eigenvalue weighted by Crippen LogP contribution is -2.20. The third-order valence-corrected chi connectivity index (χ3v) is 2.98. The van der Waals surface area contributed by atoms with Crippen LogP contribution >= 0.6 is 15.9 Å². The van der Waals surface area contributed by atoms with Crippen LogP contribution in [0.15, 0.2) is 54.6 Å². The molecule has 0 N–H and O–H groups in total. The Morgan fingerprint density at radius 2 is 1.65 bits per heavy atom. The third-order valence-electron chi connectivity index (χ3n) is 2.62. The number of ether oxygens (including phenoxy) is 1. The van der Waals surface area contributed by atoms with Crippen LogP contribution in [-0.2, 0) is 6.61 Å². The van der Waals surface area contributed by atoms with Gasteiger partial charge in [0.1, 0.15) is 12.4 Å². The highest BCUT2D eigenvalue weighted by molar-refractivity contribution is 9.10. The van der Waals surface area contributed by atoms with Gasteiger partial charge < -0.3 is 4.74 Å². The van der Waals surface area contributed by atoms with Gasteiger partial charge in [-0.15, -0.1) is 0 Å². The molecule has 0 radical (unpaired) electrons. The van der Waals surface area contributed by atoms with Crippen molar-refractivity contribution in [2.24, 2.45) is 0 Å². The van der Waals surface area contributed by atoms with E-state index in [1.54, 1.807) is 0 Å². The van der Waals surface area contributed by atoms with Crippen molar-refractivity contribution in [1.82, 2.24) is 0 Å². The van der Waals surface area contributed by atoms with E-state index in [0.29, 0.717) is 12.4 Å². The lowest BCUT2D eigenvalue weighted by Gasteiger charge is -2.09. The molecule has 20 heavy (non-hydrogen) atoms. The van der Waals surface area contributed by atoms with Crippen LogP contribution in [0.5, 0.6) is 5.75 Å². The summed E-state index contributed by atoms with van der Waals surface area (Å²) in [6.45, 7) is 0.378. The summed E-state index contributed by atoms with van der Waals surface area (Å²) in [7, 11) is 0. The Hall–Kier alpha value is -1.75. The van der Waals surface area contributed by atoms with E-state index in [0.717, 1.165) is 5.56 Å². The molecule has 5 heteroatoms. The average Bonchev–Trinajstić information content (AvgIpc) is 2.45. The Bertz CT molecular complexity index is 577. The molecule has 0 aliphatic rings. The Balaban J connectivity index is 2.00. The van der Waals surface area contributed by atoms with Gasteiger partial charge in [0.05, 0.1) is 0 Å². The summed E-state index contributed by atoms with van der Waals surface area (Å²) >= 11 is 2.05. The molecule has 2 rings (SSSR count). The van der Waals surface area contributed by atoms with Gasteiger partial charge in [0.15, 0.2) is 0 Å². The maximum absolute atomic E-state index is 12.8. The van der Waals surface area contributed by atoms with Crippen molar-refractivity contribution in [2.75, 3.05) is 0 Å². The molecule has 0 spiro atoms. The number of Topliss-reactive ketones (excluding diaryl/α,β-unsaturated/α-hetero) is 1. The Labute approximate surface area is 123 Å². The minimum Gasteiger partial charge on any atom is -0.489 e. The number of ketones is 1. The molecule has 104 valence electrons. The van der Waals surface area contributed by atoms with E-state index in [9.17, 15) is 13.6 Å². The first-order valence-corrected chi connectivity index (χ1v) is 6.64. The smallest absolute Gasteiger partial charge is 0.363 e. The summed E-state index contributed by atoms with van der Waals surface area (Å²) in [4.78, 5) is 7.78. The van der Waals surface area contributed by atoms with Crippen molar-refractivity contribution < 1.29 is 18.3 Å². The second kappa shape index (κ2) is 6.13. The minimum absolute atomic E-state index is 0.0704. The summed E-state index contributed by atoms with van der Waals surface area (Å²) in [5, 5.41) is 0. The van der Waals surface area contributed by atoms with Crippen LogP contribution in [-0.4, -0.2) is 10.6 Å². The average molecular weight is 341 g/mol. The van der Waals surface area contributed by atoms with Gasteiger partial charge in [0.25, 0.3) is 0 Å². The molecule has 2 nitrogen and oxygen atoms in total. The van der Waals surface area contributed by atoms with Gasteiger partial charge in [0, 0.05) is 5.56 Å². The first-order valence-electron chi connectivity index (χ1n) is 5.85. The zero-order valence-corrected chi connectivity index (χ0v) is 11.9. The SMILES string of the molecule is O=C(c1ccc(OCc2ccccc2)cc1)C(F)(F)Br. The maximum atomic E-state index is 12.8. The number of benzene rings is 2. The zero-order chi connectivity index (χ0) is 14.6. The van der Waals surface area contributed by atoms with E-state index < -0.39 is 10.6 Å². The molecule has 0 fully saturated rings. The zero-order valence-electron chi connectivity index (χ0n) is 10.4. The van der Waals surface area contributed by atoms with E-state index in [-0.39, 0.29) is 5.56 Å². The first kappa shape index (κ1) is 14.7. The second-order valence-corrected chi connectivity index (χ2v) is 5.12. The fourth-order valence-electron chi connectivity index (χ4n) is 1.61. The Kier molecular flexibility index (Phi) is 4.49. The fraction of sp³-hybridized carbons (Fsp3) is 0.133. The van der Waals surface area contributed by atoms with E-state index in [1.165, 1.54) is 24.3 Å². The third kappa shape index (κ3) is 3.87. The monoisotopic (exact) mass is 340 g/mol. The standard InChI is InChI=1S/C15H11BrF2O2/c16-15(17,18)14(19)12-6-8-13(9-7-12)20-10-11-4-2-1-3-5-11/h1-9H,10H2. The van der Waals surface area contributed by atoms with Gasteiger partial charge in [-0.3, -0.25) is 4.79 Å². The Morgan fingerprint density at radius 3 is 2.20 bits per heavy atom. The van der Waals surface area contributed by atoms with Crippen molar-refractivity contribution in [3.05, 3.63) is 65.7 Å². The number of carbonyl (C=O) groups is 1. The fourth-order valence-corrected chi connectivity index (χ4v) is 1.84. The molecule has 2 aromatic carbocycles. The van der Waals surface area contributed by atoms with Crippen LogP contribution in [0.1, 0.15) is 15.9 Å². The van der Waals surface area contributed by atoms with Crippen molar-refractivity contribution in [3.8, 4) is 5.75 Å². The van der Waals surface area contributed by atoms with Crippen LogP contribution < -0.4 is 4.74 Å². The molecular formula is C15H11BrF2O2. The van der Waals surface area contributed by atoms with Gasteiger partial charge in [-0.05, 0) is 45.8 Å². The molecule has 2 aromatic rings. The van der Waals surface area contributed by atoms with Crippen molar-refractivity contribution in [2.45, 2.75) is 11.4 Å². The minimum atomic E-state index is -3.54. The molecule has 0 bridgehead atoms. The van der Waals surface area contributed by atoms with Crippen LogP contribution in [0.3, 0.4) is 0 Å². The highest BCUT2D eigenvalue weighted by atomic mass is 79.9. The van der Waals surface area contributed by atoms with Crippen LogP contribution in [0.4, 0.5) is 8.78 Å². The van der Waals surface area contributed by atoms with Crippen LogP contribution in [0.2, 0.25) is 0 Å². The van der Waals surface area contributed by atoms with Gasteiger partial charge in [-0.1, -0.05) is 30.3 Å². The van der Waals surface area contributed by atoms with Crippen LogP contribution in [0, 0.1) is 0 Å². The molecule has 0 aliphatic carbocycles. The van der Waals surface area contributed by atoms with Gasteiger partial charge in [-0.25, -0.2) is 0 Å². The molecule has 0 unspecified atom stereocenters. The summed E-state index contributed by atoms with van der Waals surface area (Å²) in [5.41, 5.74) is 0.929. The molecule has 0 saturated carbocycles. The second-order valence-electron chi connectivity index (χ2n) is 4.13. The molecule has 0 atom stereocenters. The summed E-state index contributed by atoms with van der Waals surface area (Å²) in [6.07, 6.45) is 0. The van der Waals surface area contributed by atoms with Crippen molar-refractivity contribution in [3.63, 3.8) is 0 Å². The van der Waals surface area contributed by atoms with E-state index in [2.05, 4.69) is 0 Å². The van der Waals surface area contributed by atoms with E-state index in [1.807, 2.05) is 46.3 Å². The number of carbonyl (C=O) groups excluding carboxylic acids is 1. The largest absolute Gasteiger partial charge is 0.489 e. The molecule has 0 amide bonds.